The average Bonchev–Trinajstić information content (AvgIpc) is 3.07. The first-order valence-electron chi connectivity index (χ1n) is 7.23. The van der Waals surface area contributed by atoms with Crippen LogP contribution in [-0.2, 0) is 11.2 Å². The van der Waals surface area contributed by atoms with Crippen LogP contribution >= 0.6 is 11.3 Å². The zero-order valence-electron chi connectivity index (χ0n) is 13.2. The second kappa shape index (κ2) is 6.29. The van der Waals surface area contributed by atoms with Gasteiger partial charge in [-0.25, -0.2) is 9.97 Å². The lowest BCUT2D eigenvalue weighted by Gasteiger charge is -2.08. The third-order valence-corrected chi connectivity index (χ3v) is 4.05. The maximum Gasteiger partial charge on any atom is 0.252 e. The second-order valence-electron chi connectivity index (χ2n) is 5.34. The number of anilines is 1. The number of carbonyl (C=O) groups is 1. The Bertz CT molecular complexity index is 818. The highest BCUT2D eigenvalue weighted by Crippen LogP contribution is 2.16. The van der Waals surface area contributed by atoms with E-state index >= 15 is 0 Å². The minimum absolute atomic E-state index is 0.0852. The topological polar surface area (TPSA) is 72.7 Å². The predicted molar refractivity (Wildman–Crippen MR) is 90.0 cm³/mol. The lowest BCUT2D eigenvalue weighted by Crippen LogP contribution is -2.17. The van der Waals surface area contributed by atoms with Gasteiger partial charge in [-0.2, -0.15) is 9.78 Å². The van der Waals surface area contributed by atoms with Crippen LogP contribution in [0.4, 0.5) is 5.82 Å². The largest absolute Gasteiger partial charge is 0.310 e. The highest BCUT2D eigenvalue weighted by molar-refractivity contribution is 7.10. The molecule has 0 atom stereocenters. The highest BCUT2D eigenvalue weighted by atomic mass is 32.1. The zero-order valence-corrected chi connectivity index (χ0v) is 14.0. The summed E-state index contributed by atoms with van der Waals surface area (Å²) in [6, 6.07) is 7.59. The molecule has 0 unspecified atom stereocenters. The fourth-order valence-corrected chi connectivity index (χ4v) is 3.00. The van der Waals surface area contributed by atoms with Crippen LogP contribution < -0.4 is 5.32 Å². The normalized spacial score (nSPS) is 10.7. The molecule has 0 spiro atoms. The summed E-state index contributed by atoms with van der Waals surface area (Å²) < 4.78 is 1.57. The lowest BCUT2D eigenvalue weighted by molar-refractivity contribution is -0.115. The Balaban J connectivity index is 1.87. The van der Waals surface area contributed by atoms with E-state index in [4.69, 9.17) is 0 Å². The molecule has 0 aromatic carbocycles. The van der Waals surface area contributed by atoms with E-state index in [9.17, 15) is 4.79 Å². The van der Waals surface area contributed by atoms with Crippen molar-refractivity contribution < 1.29 is 4.79 Å². The molecule has 0 aliphatic carbocycles. The third kappa shape index (κ3) is 3.62. The van der Waals surface area contributed by atoms with Crippen LogP contribution in [0.2, 0.25) is 0 Å². The Morgan fingerprint density at radius 2 is 1.91 bits per heavy atom. The molecule has 1 N–H and O–H groups in total. The molecule has 3 rings (SSSR count). The van der Waals surface area contributed by atoms with E-state index in [0.717, 1.165) is 22.0 Å². The lowest BCUT2D eigenvalue weighted by atomic mass is 10.3. The molecule has 0 saturated heterocycles. The molecule has 23 heavy (non-hydrogen) atoms. The second-order valence-corrected chi connectivity index (χ2v) is 6.37. The van der Waals surface area contributed by atoms with E-state index in [1.807, 2.05) is 50.4 Å². The minimum Gasteiger partial charge on any atom is -0.310 e. The molecule has 0 aliphatic heterocycles. The SMILES string of the molecule is Cc1cc(C)nc(-n2nc(C)cc2NC(=O)Cc2cccs2)n1. The quantitative estimate of drug-likeness (QED) is 0.800. The van der Waals surface area contributed by atoms with Crippen LogP contribution in [-0.4, -0.2) is 25.7 Å². The first-order valence-corrected chi connectivity index (χ1v) is 8.11. The van der Waals surface area contributed by atoms with Gasteiger partial charge in [-0.15, -0.1) is 11.3 Å². The van der Waals surface area contributed by atoms with Crippen molar-refractivity contribution >= 4 is 23.1 Å². The molecule has 118 valence electrons. The molecular weight excluding hydrogens is 310 g/mol. The Morgan fingerprint density at radius 1 is 1.17 bits per heavy atom. The monoisotopic (exact) mass is 327 g/mol. The number of nitrogens with one attached hydrogen (secondary N) is 1. The van der Waals surface area contributed by atoms with Gasteiger partial charge in [0.2, 0.25) is 5.91 Å². The van der Waals surface area contributed by atoms with Gasteiger partial charge in [-0.05, 0) is 38.3 Å². The standard InChI is InChI=1S/C16H17N5OS/c1-10-7-11(2)18-16(17-10)21-14(8-12(3)20-21)19-15(22)9-13-5-4-6-23-13/h4-8H,9H2,1-3H3,(H,19,22). The average molecular weight is 327 g/mol. The number of aryl methyl sites for hydroxylation is 3. The number of hydrogen-bond acceptors (Lipinski definition) is 5. The smallest absolute Gasteiger partial charge is 0.252 e. The molecule has 6 nitrogen and oxygen atoms in total. The number of thiophene rings is 1. The summed E-state index contributed by atoms with van der Waals surface area (Å²) in [7, 11) is 0. The molecule has 0 radical (unpaired) electrons. The molecule has 0 bridgehead atoms. The van der Waals surface area contributed by atoms with Gasteiger partial charge in [-0.3, -0.25) is 4.79 Å². The van der Waals surface area contributed by atoms with Gasteiger partial charge in [0, 0.05) is 22.3 Å². The third-order valence-electron chi connectivity index (χ3n) is 3.17. The number of rotatable bonds is 4. The van der Waals surface area contributed by atoms with Crippen molar-refractivity contribution in [1.82, 2.24) is 19.7 Å². The maximum absolute atomic E-state index is 12.2. The van der Waals surface area contributed by atoms with Gasteiger partial charge in [0.25, 0.3) is 5.95 Å². The summed E-state index contributed by atoms with van der Waals surface area (Å²) >= 11 is 1.56. The van der Waals surface area contributed by atoms with Gasteiger partial charge in [0.15, 0.2) is 0 Å². The van der Waals surface area contributed by atoms with Crippen molar-refractivity contribution in [3.05, 3.63) is 51.6 Å². The van der Waals surface area contributed by atoms with Crippen molar-refractivity contribution in [3.63, 3.8) is 0 Å². The summed E-state index contributed by atoms with van der Waals surface area (Å²) in [5.41, 5.74) is 2.51. The molecule has 0 aliphatic rings. The van der Waals surface area contributed by atoms with E-state index in [-0.39, 0.29) is 5.91 Å². The Kier molecular flexibility index (Phi) is 4.20. The number of hydrogen-bond donors (Lipinski definition) is 1. The molecule has 1 amide bonds. The molecule has 3 heterocycles. The molecule has 0 fully saturated rings. The Hall–Kier alpha value is -2.54. The molecule has 0 saturated carbocycles. The summed E-state index contributed by atoms with van der Waals surface area (Å²) in [5, 5.41) is 9.25. The minimum atomic E-state index is -0.0852. The van der Waals surface area contributed by atoms with Crippen LogP contribution in [0, 0.1) is 20.8 Å². The van der Waals surface area contributed by atoms with Gasteiger partial charge >= 0.3 is 0 Å². The van der Waals surface area contributed by atoms with Crippen molar-refractivity contribution in [1.29, 1.82) is 0 Å². The number of amides is 1. The predicted octanol–water partition coefficient (Wildman–Crippen LogP) is 2.83. The van der Waals surface area contributed by atoms with Crippen molar-refractivity contribution in [2.45, 2.75) is 27.2 Å². The van der Waals surface area contributed by atoms with Gasteiger partial charge < -0.3 is 5.32 Å². The first-order chi connectivity index (χ1) is 11.0. The van der Waals surface area contributed by atoms with E-state index in [2.05, 4.69) is 20.4 Å². The molecule has 7 heteroatoms. The first kappa shape index (κ1) is 15.4. The van der Waals surface area contributed by atoms with Gasteiger partial charge in [-0.1, -0.05) is 6.07 Å². The fraction of sp³-hybridized carbons (Fsp3) is 0.250. The van der Waals surface area contributed by atoms with Gasteiger partial charge in [0.05, 0.1) is 12.1 Å². The zero-order chi connectivity index (χ0) is 16.4. The van der Waals surface area contributed by atoms with Crippen LogP contribution in [0.5, 0.6) is 0 Å². The maximum atomic E-state index is 12.2. The summed E-state index contributed by atoms with van der Waals surface area (Å²) in [5.74, 6) is 0.953. The Morgan fingerprint density at radius 3 is 2.57 bits per heavy atom. The fourth-order valence-electron chi connectivity index (χ4n) is 2.30. The number of nitrogens with zero attached hydrogens (tertiary/aromatic N) is 4. The van der Waals surface area contributed by atoms with E-state index in [0.29, 0.717) is 18.2 Å². The molecule has 3 aromatic heterocycles. The highest BCUT2D eigenvalue weighted by Gasteiger charge is 2.14. The van der Waals surface area contributed by atoms with Crippen molar-refractivity contribution in [2.24, 2.45) is 0 Å². The van der Waals surface area contributed by atoms with Crippen LogP contribution in [0.25, 0.3) is 5.95 Å². The van der Waals surface area contributed by atoms with E-state index in [1.165, 1.54) is 0 Å². The Labute approximate surface area is 138 Å². The summed E-state index contributed by atoms with van der Waals surface area (Å²) in [6.07, 6.45) is 0.343. The number of aromatic nitrogens is 4. The van der Waals surface area contributed by atoms with Crippen molar-refractivity contribution in [3.8, 4) is 5.95 Å². The van der Waals surface area contributed by atoms with Crippen LogP contribution in [0.15, 0.2) is 29.6 Å². The van der Waals surface area contributed by atoms with Crippen molar-refractivity contribution in [2.75, 3.05) is 5.32 Å². The van der Waals surface area contributed by atoms with Crippen LogP contribution in [0.1, 0.15) is 22.0 Å². The van der Waals surface area contributed by atoms with Crippen LogP contribution in [0.3, 0.4) is 0 Å². The summed E-state index contributed by atoms with van der Waals surface area (Å²) in [6.45, 7) is 5.68. The molecular formula is C16H17N5OS. The van der Waals surface area contributed by atoms with E-state index in [1.54, 1.807) is 16.0 Å². The van der Waals surface area contributed by atoms with Gasteiger partial charge in [0.1, 0.15) is 5.82 Å². The van der Waals surface area contributed by atoms with E-state index < -0.39 is 0 Å². The molecule has 3 aromatic rings. The number of carbonyl (C=O) groups excluding carboxylic acids is 1. The summed E-state index contributed by atoms with van der Waals surface area (Å²) in [4.78, 5) is 22.0.